The van der Waals surface area contributed by atoms with Crippen molar-refractivity contribution < 1.29 is 4.79 Å². The number of carbonyl (C=O) groups excluding carboxylic acids is 1. The van der Waals surface area contributed by atoms with Gasteiger partial charge in [0.05, 0.1) is 16.4 Å². The molecule has 0 aliphatic carbocycles. The predicted molar refractivity (Wildman–Crippen MR) is 67.6 cm³/mol. The van der Waals surface area contributed by atoms with Gasteiger partial charge >= 0.3 is 0 Å². The zero-order chi connectivity index (χ0) is 12.3. The first-order valence-corrected chi connectivity index (χ1v) is 6.06. The third kappa shape index (κ3) is 3.18. The highest BCUT2D eigenvalue weighted by Gasteiger charge is 2.05. The fourth-order valence-corrected chi connectivity index (χ4v) is 2.30. The van der Waals surface area contributed by atoms with Gasteiger partial charge in [-0.3, -0.25) is 9.59 Å². The normalized spacial score (nSPS) is 10.2. The summed E-state index contributed by atoms with van der Waals surface area (Å²) in [7, 11) is 0. The lowest BCUT2D eigenvalue weighted by Crippen LogP contribution is -2.23. The molecule has 88 valence electrons. The zero-order valence-corrected chi connectivity index (χ0v) is 10.3. The Morgan fingerprint density at radius 2 is 2.18 bits per heavy atom. The molecule has 2 rings (SSSR count). The zero-order valence-electron chi connectivity index (χ0n) is 8.70. The summed E-state index contributed by atoms with van der Waals surface area (Å²) in [5.74, 6) is -0.231. The monoisotopic (exact) mass is 268 g/mol. The predicted octanol–water partition coefficient (Wildman–Crippen LogP) is 2.02. The van der Waals surface area contributed by atoms with Crippen LogP contribution < -0.4 is 10.9 Å². The van der Waals surface area contributed by atoms with E-state index in [0.29, 0.717) is 16.4 Å². The second kappa shape index (κ2) is 5.16. The van der Waals surface area contributed by atoms with E-state index in [1.807, 2.05) is 6.07 Å². The van der Waals surface area contributed by atoms with Crippen molar-refractivity contribution in [3.05, 3.63) is 55.6 Å². The van der Waals surface area contributed by atoms with E-state index in [1.165, 1.54) is 29.7 Å². The molecule has 0 bridgehead atoms. The smallest absolute Gasteiger partial charge is 0.253 e. The third-order valence-corrected chi connectivity index (χ3v) is 3.33. The molecule has 6 heteroatoms. The minimum Gasteiger partial charge on any atom is -0.347 e. The van der Waals surface area contributed by atoms with Gasteiger partial charge in [0.15, 0.2) is 0 Å². The molecule has 0 aliphatic rings. The summed E-state index contributed by atoms with van der Waals surface area (Å²) in [6, 6.07) is 6.44. The number of halogens is 1. The lowest BCUT2D eigenvalue weighted by Gasteiger charge is -2.02. The first kappa shape index (κ1) is 11.9. The van der Waals surface area contributed by atoms with Gasteiger partial charge in [-0.05, 0) is 18.2 Å². The van der Waals surface area contributed by atoms with Crippen LogP contribution in [0.5, 0.6) is 0 Å². The highest BCUT2D eigenvalue weighted by atomic mass is 35.5. The first-order valence-electron chi connectivity index (χ1n) is 4.86. The quantitative estimate of drug-likeness (QED) is 0.895. The van der Waals surface area contributed by atoms with Crippen LogP contribution in [0.25, 0.3) is 0 Å². The number of aromatic amines is 1. The molecule has 0 radical (unpaired) electrons. The van der Waals surface area contributed by atoms with Crippen molar-refractivity contribution in [3.8, 4) is 0 Å². The van der Waals surface area contributed by atoms with Gasteiger partial charge in [-0.25, -0.2) is 0 Å². The summed E-state index contributed by atoms with van der Waals surface area (Å²) >= 11 is 7.20. The summed E-state index contributed by atoms with van der Waals surface area (Å²) in [5.41, 5.74) is 0.193. The van der Waals surface area contributed by atoms with Crippen LogP contribution in [0.15, 0.2) is 35.3 Å². The fraction of sp³-hybridized carbons (Fsp3) is 0.0909. The van der Waals surface area contributed by atoms with Gasteiger partial charge in [0.25, 0.3) is 5.91 Å². The molecule has 2 heterocycles. The van der Waals surface area contributed by atoms with Gasteiger partial charge in [0.2, 0.25) is 5.56 Å². The summed E-state index contributed by atoms with van der Waals surface area (Å²) in [6.07, 6.45) is 1.39. The molecular weight excluding hydrogens is 260 g/mol. The molecule has 2 N–H and O–H groups in total. The number of thiophene rings is 1. The van der Waals surface area contributed by atoms with E-state index in [0.717, 1.165) is 4.88 Å². The highest BCUT2D eigenvalue weighted by Crippen LogP contribution is 2.20. The maximum atomic E-state index is 11.7. The summed E-state index contributed by atoms with van der Waals surface area (Å²) in [4.78, 5) is 25.9. The standard InChI is InChI=1S/C11H9ClN2O2S/c12-9-3-2-8(17-9)6-14-11(16)7-1-4-10(15)13-5-7/h1-5H,6H2,(H,13,15)(H,14,16). The number of amides is 1. The van der Waals surface area contributed by atoms with Gasteiger partial charge < -0.3 is 10.3 Å². The van der Waals surface area contributed by atoms with E-state index < -0.39 is 0 Å². The Hall–Kier alpha value is -1.59. The number of H-pyrrole nitrogens is 1. The Morgan fingerprint density at radius 3 is 2.76 bits per heavy atom. The fourth-order valence-electron chi connectivity index (χ4n) is 1.27. The Morgan fingerprint density at radius 1 is 1.35 bits per heavy atom. The number of rotatable bonds is 3. The molecule has 0 atom stereocenters. The lowest BCUT2D eigenvalue weighted by atomic mass is 10.2. The molecule has 1 amide bonds. The van der Waals surface area contributed by atoms with Gasteiger partial charge in [0, 0.05) is 17.1 Å². The van der Waals surface area contributed by atoms with Crippen molar-refractivity contribution in [2.45, 2.75) is 6.54 Å². The number of pyridine rings is 1. The van der Waals surface area contributed by atoms with Crippen molar-refractivity contribution in [1.29, 1.82) is 0 Å². The molecule has 0 unspecified atom stereocenters. The number of aromatic nitrogens is 1. The van der Waals surface area contributed by atoms with Crippen LogP contribution in [0, 0.1) is 0 Å². The lowest BCUT2D eigenvalue weighted by molar-refractivity contribution is 0.0951. The summed E-state index contributed by atoms with van der Waals surface area (Å²) in [5, 5.41) is 2.74. The van der Waals surface area contributed by atoms with Crippen molar-refractivity contribution >= 4 is 28.8 Å². The maximum Gasteiger partial charge on any atom is 0.253 e. The second-order valence-corrected chi connectivity index (χ2v) is 5.13. The minimum absolute atomic E-state index is 0.230. The van der Waals surface area contributed by atoms with E-state index in [9.17, 15) is 9.59 Å². The van der Waals surface area contributed by atoms with Crippen LogP contribution >= 0.6 is 22.9 Å². The van der Waals surface area contributed by atoms with Crippen LogP contribution in [-0.4, -0.2) is 10.9 Å². The molecule has 0 aliphatic heterocycles. The van der Waals surface area contributed by atoms with Crippen molar-refractivity contribution in [1.82, 2.24) is 10.3 Å². The number of nitrogens with one attached hydrogen (secondary N) is 2. The molecule has 0 spiro atoms. The number of carbonyl (C=O) groups is 1. The topological polar surface area (TPSA) is 62.0 Å². The molecule has 0 saturated heterocycles. The van der Waals surface area contributed by atoms with Crippen LogP contribution in [0.2, 0.25) is 4.34 Å². The van der Waals surface area contributed by atoms with Crippen molar-refractivity contribution in [2.24, 2.45) is 0 Å². The highest BCUT2D eigenvalue weighted by molar-refractivity contribution is 7.16. The van der Waals surface area contributed by atoms with E-state index >= 15 is 0 Å². The van der Waals surface area contributed by atoms with Gasteiger partial charge in [0.1, 0.15) is 0 Å². The Kier molecular flexibility index (Phi) is 3.61. The van der Waals surface area contributed by atoms with Gasteiger partial charge in [-0.1, -0.05) is 11.6 Å². The third-order valence-electron chi connectivity index (χ3n) is 2.10. The largest absolute Gasteiger partial charge is 0.347 e. The summed E-state index contributed by atoms with van der Waals surface area (Å²) < 4.78 is 0.693. The second-order valence-electron chi connectivity index (χ2n) is 3.33. The number of hydrogen-bond acceptors (Lipinski definition) is 3. The van der Waals surface area contributed by atoms with Crippen molar-refractivity contribution in [3.63, 3.8) is 0 Å². The SMILES string of the molecule is O=C(NCc1ccc(Cl)s1)c1ccc(=O)[nH]c1. The average Bonchev–Trinajstić information content (AvgIpc) is 2.73. The Bertz CT molecular complexity index is 571. The van der Waals surface area contributed by atoms with E-state index in [2.05, 4.69) is 10.3 Å². The minimum atomic E-state index is -0.231. The first-order chi connectivity index (χ1) is 8.15. The van der Waals surface area contributed by atoms with Gasteiger partial charge in [-0.2, -0.15) is 0 Å². The number of hydrogen-bond donors (Lipinski definition) is 2. The van der Waals surface area contributed by atoms with Crippen molar-refractivity contribution in [2.75, 3.05) is 0 Å². The van der Waals surface area contributed by atoms with Crippen LogP contribution in [0.1, 0.15) is 15.2 Å². The molecule has 4 nitrogen and oxygen atoms in total. The Balaban J connectivity index is 1.98. The molecule has 0 fully saturated rings. The van der Waals surface area contributed by atoms with E-state index in [4.69, 9.17) is 11.6 Å². The molecule has 17 heavy (non-hydrogen) atoms. The van der Waals surface area contributed by atoms with Crippen LogP contribution in [0.3, 0.4) is 0 Å². The maximum absolute atomic E-state index is 11.7. The molecule has 0 aromatic carbocycles. The van der Waals surface area contributed by atoms with Gasteiger partial charge in [-0.15, -0.1) is 11.3 Å². The van der Waals surface area contributed by atoms with Crippen LogP contribution in [0.4, 0.5) is 0 Å². The van der Waals surface area contributed by atoms with E-state index in [-0.39, 0.29) is 11.5 Å². The Labute approximate surface area is 106 Å². The molecular formula is C11H9ClN2O2S. The van der Waals surface area contributed by atoms with E-state index in [1.54, 1.807) is 6.07 Å². The summed E-state index contributed by atoms with van der Waals surface area (Å²) in [6.45, 7) is 0.426. The van der Waals surface area contributed by atoms with Crippen LogP contribution in [-0.2, 0) is 6.54 Å². The average molecular weight is 269 g/mol. The molecule has 2 aromatic rings. The molecule has 0 saturated carbocycles. The molecule has 2 aromatic heterocycles.